The van der Waals surface area contributed by atoms with E-state index in [-0.39, 0.29) is 6.17 Å². The van der Waals surface area contributed by atoms with Crippen LogP contribution in [0.15, 0.2) is 169 Å². The van der Waals surface area contributed by atoms with Crippen LogP contribution in [0.25, 0.3) is 71.3 Å². The minimum atomic E-state index is -0.181. The van der Waals surface area contributed by atoms with Crippen molar-refractivity contribution >= 4 is 54.7 Å². The minimum absolute atomic E-state index is 0.181. The average molecular weight is 624 g/mol. The number of aromatic nitrogens is 1. The van der Waals surface area contributed by atoms with Crippen molar-refractivity contribution in [2.75, 3.05) is 5.32 Å². The van der Waals surface area contributed by atoms with E-state index in [1.807, 2.05) is 0 Å². The first-order valence-electron chi connectivity index (χ1n) is 16.9. The summed E-state index contributed by atoms with van der Waals surface area (Å²) >= 11 is 0. The van der Waals surface area contributed by atoms with Gasteiger partial charge in [0.2, 0.25) is 0 Å². The molecule has 0 amide bonds. The highest BCUT2D eigenvalue weighted by Gasteiger charge is 2.27. The summed E-state index contributed by atoms with van der Waals surface area (Å²) in [4.78, 5) is 5.41. The summed E-state index contributed by atoms with van der Waals surface area (Å²) in [5, 5.41) is 11.4. The van der Waals surface area contributed by atoms with Crippen LogP contribution in [-0.2, 0) is 0 Å². The molecule has 49 heavy (non-hydrogen) atoms. The number of anilines is 1. The normalized spacial score (nSPS) is 14.6. The number of benzene rings is 8. The Kier molecular flexibility index (Phi) is 5.44. The number of fused-ring (bicyclic) bond motifs is 5. The highest BCUT2D eigenvalue weighted by Crippen LogP contribution is 2.49. The summed E-state index contributed by atoms with van der Waals surface area (Å²) in [6.07, 6.45) is -0.181. The summed E-state index contributed by atoms with van der Waals surface area (Å²) in [6.45, 7) is 0. The van der Waals surface area contributed by atoms with Gasteiger partial charge in [-0.15, -0.1) is 0 Å². The van der Waals surface area contributed by atoms with Crippen LogP contribution < -0.4 is 5.32 Å². The SMILES string of the molecule is c1ccc(C2N=C(c3ccc4ccccc4c3)c3cc(-n4c5cccc6c5c5c7c(cccc7ccc54)-c4ccccc4-6)ccc3N2)cc1. The lowest BCUT2D eigenvalue weighted by atomic mass is 9.93. The zero-order valence-electron chi connectivity index (χ0n) is 26.6. The first-order valence-corrected chi connectivity index (χ1v) is 16.9. The van der Waals surface area contributed by atoms with E-state index in [0.29, 0.717) is 0 Å². The fourth-order valence-corrected chi connectivity index (χ4v) is 8.34. The molecule has 8 aromatic carbocycles. The van der Waals surface area contributed by atoms with E-state index >= 15 is 0 Å². The van der Waals surface area contributed by atoms with Crippen molar-refractivity contribution in [2.24, 2.45) is 4.99 Å². The summed E-state index contributed by atoms with van der Waals surface area (Å²) < 4.78 is 2.46. The molecule has 1 N–H and O–H groups in total. The Bertz CT molecular complexity index is 2860. The van der Waals surface area contributed by atoms with Crippen LogP contribution in [0.4, 0.5) is 5.69 Å². The van der Waals surface area contributed by atoms with Crippen LogP contribution in [0.3, 0.4) is 0 Å². The Morgan fingerprint density at radius 1 is 0.449 bits per heavy atom. The van der Waals surface area contributed by atoms with Gasteiger partial charge in [0.15, 0.2) is 0 Å². The number of hydrogen-bond acceptors (Lipinski definition) is 2. The highest BCUT2D eigenvalue weighted by atomic mass is 15.1. The Morgan fingerprint density at radius 2 is 1.12 bits per heavy atom. The van der Waals surface area contributed by atoms with Gasteiger partial charge in [0.05, 0.1) is 16.7 Å². The van der Waals surface area contributed by atoms with Gasteiger partial charge in [-0.1, -0.05) is 127 Å². The van der Waals surface area contributed by atoms with Crippen LogP contribution in [0.2, 0.25) is 0 Å². The monoisotopic (exact) mass is 623 g/mol. The summed E-state index contributed by atoms with van der Waals surface area (Å²) in [5.74, 6) is 0. The second-order valence-corrected chi connectivity index (χ2v) is 13.2. The molecule has 9 aromatic rings. The van der Waals surface area contributed by atoms with Crippen LogP contribution in [0.1, 0.15) is 22.9 Å². The van der Waals surface area contributed by atoms with Gasteiger partial charge in [0, 0.05) is 33.3 Å². The molecule has 0 saturated carbocycles. The molecule has 1 unspecified atom stereocenters. The van der Waals surface area contributed by atoms with Crippen molar-refractivity contribution in [3.8, 4) is 27.9 Å². The molecule has 2 aliphatic rings. The number of rotatable bonds is 3. The number of hydrogen-bond donors (Lipinski definition) is 1. The largest absolute Gasteiger partial charge is 0.360 e. The molecule has 0 radical (unpaired) electrons. The zero-order valence-corrected chi connectivity index (χ0v) is 26.6. The maximum absolute atomic E-state index is 5.41. The molecular formula is C46H29N3. The standard InChI is InChI=1S/C46H29N3/c1-2-11-30(12-3-1)46-47-39-24-23-33(27-38(39)45(48-46)32-21-20-28-10-4-5-13-31(28)26-32)49-40-19-9-18-37-35-16-7-6-15-34(35)36-17-8-14-29-22-25-41(49)44(42(29)36)43(37)40/h1-27,46-47H. The quantitative estimate of drug-likeness (QED) is 0.208. The van der Waals surface area contributed by atoms with Gasteiger partial charge in [-0.3, -0.25) is 4.99 Å². The fourth-order valence-electron chi connectivity index (χ4n) is 8.34. The van der Waals surface area contributed by atoms with Gasteiger partial charge in [0.25, 0.3) is 0 Å². The lowest BCUT2D eigenvalue weighted by Crippen LogP contribution is -2.21. The molecule has 0 bridgehead atoms. The molecule has 2 heterocycles. The molecule has 228 valence electrons. The van der Waals surface area contributed by atoms with Crippen molar-refractivity contribution in [3.05, 3.63) is 180 Å². The minimum Gasteiger partial charge on any atom is -0.360 e. The van der Waals surface area contributed by atoms with Crippen molar-refractivity contribution < 1.29 is 0 Å². The topological polar surface area (TPSA) is 29.3 Å². The molecule has 0 fully saturated rings. The smallest absolute Gasteiger partial charge is 0.145 e. The average Bonchev–Trinajstić information content (AvgIpc) is 3.45. The molecule has 3 heteroatoms. The zero-order chi connectivity index (χ0) is 32.1. The van der Waals surface area contributed by atoms with Gasteiger partial charge in [-0.25, -0.2) is 0 Å². The van der Waals surface area contributed by atoms with E-state index in [1.54, 1.807) is 0 Å². The predicted octanol–water partition coefficient (Wildman–Crippen LogP) is 11.7. The summed E-state index contributed by atoms with van der Waals surface area (Å²) in [5.41, 5.74) is 14.1. The number of aliphatic imine (C=N–C) groups is 1. The first-order chi connectivity index (χ1) is 24.3. The molecule has 1 aromatic heterocycles. The van der Waals surface area contributed by atoms with Gasteiger partial charge in [-0.05, 0) is 85.8 Å². The van der Waals surface area contributed by atoms with Crippen molar-refractivity contribution in [2.45, 2.75) is 6.17 Å². The molecule has 1 aliphatic carbocycles. The van der Waals surface area contributed by atoms with Crippen molar-refractivity contribution in [1.82, 2.24) is 4.57 Å². The third-order valence-corrected chi connectivity index (χ3v) is 10.5. The van der Waals surface area contributed by atoms with Crippen LogP contribution >= 0.6 is 0 Å². The Labute approximate surface area is 283 Å². The van der Waals surface area contributed by atoms with Gasteiger partial charge >= 0.3 is 0 Å². The van der Waals surface area contributed by atoms with Gasteiger partial charge in [0.1, 0.15) is 6.17 Å². The fraction of sp³-hybridized carbons (Fsp3) is 0.0217. The van der Waals surface area contributed by atoms with E-state index in [2.05, 4.69) is 174 Å². The second-order valence-electron chi connectivity index (χ2n) is 13.2. The predicted molar refractivity (Wildman–Crippen MR) is 205 cm³/mol. The number of nitrogens with zero attached hydrogens (tertiary/aromatic N) is 2. The molecule has 0 spiro atoms. The molecular weight excluding hydrogens is 595 g/mol. The molecule has 3 nitrogen and oxygen atoms in total. The van der Waals surface area contributed by atoms with Crippen LogP contribution in [-0.4, -0.2) is 10.3 Å². The highest BCUT2D eigenvalue weighted by molar-refractivity contribution is 6.30. The number of nitrogens with one attached hydrogen (secondary N) is 1. The van der Waals surface area contributed by atoms with Crippen LogP contribution in [0, 0.1) is 0 Å². The molecule has 11 rings (SSSR count). The molecule has 0 saturated heterocycles. The maximum atomic E-state index is 5.41. The Morgan fingerprint density at radius 3 is 1.98 bits per heavy atom. The third kappa shape index (κ3) is 3.81. The summed E-state index contributed by atoms with van der Waals surface area (Å²) in [6, 6.07) is 59.6. The van der Waals surface area contributed by atoms with Crippen molar-refractivity contribution in [1.29, 1.82) is 0 Å². The van der Waals surface area contributed by atoms with Crippen LogP contribution in [0.5, 0.6) is 0 Å². The Balaban J connectivity index is 1.19. The van der Waals surface area contributed by atoms with E-state index in [0.717, 1.165) is 33.8 Å². The maximum Gasteiger partial charge on any atom is 0.145 e. The van der Waals surface area contributed by atoms with Gasteiger partial charge < -0.3 is 9.88 Å². The van der Waals surface area contributed by atoms with E-state index in [1.165, 1.54) is 65.6 Å². The van der Waals surface area contributed by atoms with E-state index < -0.39 is 0 Å². The molecule has 1 atom stereocenters. The Hall–Kier alpha value is -6.45. The van der Waals surface area contributed by atoms with E-state index in [9.17, 15) is 0 Å². The third-order valence-electron chi connectivity index (χ3n) is 10.5. The lowest BCUT2D eigenvalue weighted by Gasteiger charge is -2.27. The summed E-state index contributed by atoms with van der Waals surface area (Å²) in [7, 11) is 0. The van der Waals surface area contributed by atoms with Crippen molar-refractivity contribution in [3.63, 3.8) is 0 Å². The first kappa shape index (κ1) is 26.6. The second kappa shape index (κ2) is 10.0. The molecule has 1 aliphatic heterocycles. The van der Waals surface area contributed by atoms with Gasteiger partial charge in [-0.2, -0.15) is 0 Å². The van der Waals surface area contributed by atoms with E-state index in [4.69, 9.17) is 4.99 Å². The lowest BCUT2D eigenvalue weighted by molar-refractivity contribution is 0.828.